The lowest BCUT2D eigenvalue weighted by molar-refractivity contribution is 0.0696. The van der Waals surface area contributed by atoms with Crippen LogP contribution in [0.25, 0.3) is 11.3 Å². The first kappa shape index (κ1) is 12.7. The van der Waals surface area contributed by atoms with Gasteiger partial charge in [-0.1, -0.05) is 0 Å². The molecule has 2 N–H and O–H groups in total. The van der Waals surface area contributed by atoms with E-state index in [4.69, 9.17) is 4.74 Å². The molecule has 0 unspecified atom stereocenters. The summed E-state index contributed by atoms with van der Waals surface area (Å²) in [6.07, 6.45) is 1.97. The van der Waals surface area contributed by atoms with Crippen molar-refractivity contribution in [2.75, 3.05) is 7.11 Å². The van der Waals surface area contributed by atoms with Gasteiger partial charge in [-0.2, -0.15) is 0 Å². The van der Waals surface area contributed by atoms with Gasteiger partial charge in [0.15, 0.2) is 0 Å². The lowest BCUT2D eigenvalue weighted by Gasteiger charge is -2.06. The number of aromatic carboxylic acids is 1. The van der Waals surface area contributed by atoms with Gasteiger partial charge in [0.1, 0.15) is 11.6 Å². The molecule has 1 heterocycles. The number of carboxylic acids is 1. The fourth-order valence-corrected chi connectivity index (χ4v) is 2.38. The molecule has 1 aliphatic rings. The normalized spacial score (nSPS) is 14.3. The van der Waals surface area contributed by atoms with Gasteiger partial charge in [-0.3, -0.25) is 0 Å². The summed E-state index contributed by atoms with van der Waals surface area (Å²) < 4.78 is 18.6. The summed E-state index contributed by atoms with van der Waals surface area (Å²) in [6.45, 7) is 0. The van der Waals surface area contributed by atoms with Crippen LogP contribution in [-0.4, -0.2) is 23.2 Å². The van der Waals surface area contributed by atoms with Gasteiger partial charge < -0.3 is 14.8 Å². The summed E-state index contributed by atoms with van der Waals surface area (Å²) in [5, 5.41) is 9.26. The minimum atomic E-state index is -0.968. The summed E-state index contributed by atoms with van der Waals surface area (Å²) in [5.74, 6) is -0.577. The maximum absolute atomic E-state index is 13.4. The summed E-state index contributed by atoms with van der Waals surface area (Å²) in [6, 6.07) is 5.73. The smallest absolute Gasteiger partial charge is 0.337 e. The van der Waals surface area contributed by atoms with E-state index in [1.807, 2.05) is 0 Å². The van der Waals surface area contributed by atoms with E-state index in [2.05, 4.69) is 4.98 Å². The summed E-state index contributed by atoms with van der Waals surface area (Å²) in [5.41, 5.74) is 2.08. The highest BCUT2D eigenvalue weighted by atomic mass is 19.1. The molecule has 4 nitrogen and oxygen atoms in total. The Morgan fingerprint density at radius 2 is 2.15 bits per heavy atom. The first-order valence-electron chi connectivity index (χ1n) is 6.40. The van der Waals surface area contributed by atoms with Crippen molar-refractivity contribution in [3.63, 3.8) is 0 Å². The number of aromatic amines is 1. The highest BCUT2D eigenvalue weighted by molar-refractivity contribution is 5.91. The number of hydrogen-bond donors (Lipinski definition) is 2. The molecule has 104 valence electrons. The molecule has 1 fully saturated rings. The van der Waals surface area contributed by atoms with Crippen molar-refractivity contribution in [3.05, 3.63) is 41.3 Å². The number of rotatable bonds is 4. The lowest BCUT2D eigenvalue weighted by Crippen LogP contribution is -1.98. The summed E-state index contributed by atoms with van der Waals surface area (Å²) in [7, 11) is 1.50. The topological polar surface area (TPSA) is 62.3 Å². The van der Waals surface area contributed by atoms with Crippen LogP contribution < -0.4 is 4.74 Å². The first-order valence-corrected chi connectivity index (χ1v) is 6.40. The second-order valence-corrected chi connectivity index (χ2v) is 4.93. The Labute approximate surface area is 115 Å². The van der Waals surface area contributed by atoms with Gasteiger partial charge in [-0.15, -0.1) is 0 Å². The van der Waals surface area contributed by atoms with Crippen molar-refractivity contribution in [1.29, 1.82) is 0 Å². The number of nitrogens with one attached hydrogen (secondary N) is 1. The number of methoxy groups -OCH3 is 1. The summed E-state index contributed by atoms with van der Waals surface area (Å²) in [4.78, 5) is 14.4. The van der Waals surface area contributed by atoms with E-state index in [1.54, 1.807) is 6.07 Å². The third-order valence-corrected chi connectivity index (χ3v) is 3.52. The van der Waals surface area contributed by atoms with Crippen molar-refractivity contribution in [3.8, 4) is 17.0 Å². The zero-order chi connectivity index (χ0) is 14.3. The number of ether oxygens (including phenoxy) is 1. The van der Waals surface area contributed by atoms with Crippen molar-refractivity contribution < 1.29 is 19.0 Å². The molecule has 0 saturated heterocycles. The molecule has 1 aromatic heterocycles. The van der Waals surface area contributed by atoms with Crippen molar-refractivity contribution in [2.24, 2.45) is 0 Å². The van der Waals surface area contributed by atoms with Gasteiger partial charge in [0.25, 0.3) is 0 Å². The van der Waals surface area contributed by atoms with Crippen molar-refractivity contribution in [2.45, 2.75) is 18.8 Å². The highest BCUT2D eigenvalue weighted by Crippen LogP contribution is 2.43. The van der Waals surface area contributed by atoms with Gasteiger partial charge >= 0.3 is 5.97 Å². The van der Waals surface area contributed by atoms with Gasteiger partial charge in [-0.05, 0) is 43.0 Å². The molecule has 0 aliphatic heterocycles. The van der Waals surface area contributed by atoms with E-state index < -0.39 is 5.97 Å². The molecule has 0 spiro atoms. The van der Waals surface area contributed by atoms with Crippen LogP contribution in [0.5, 0.6) is 5.75 Å². The molecule has 0 radical (unpaired) electrons. The van der Waals surface area contributed by atoms with Crippen LogP contribution in [0.3, 0.4) is 0 Å². The van der Waals surface area contributed by atoms with Gasteiger partial charge in [0, 0.05) is 11.3 Å². The van der Waals surface area contributed by atoms with Crippen LogP contribution >= 0.6 is 0 Å². The maximum Gasteiger partial charge on any atom is 0.337 e. The van der Waals surface area contributed by atoms with Crippen LogP contribution in [0.2, 0.25) is 0 Å². The Morgan fingerprint density at radius 3 is 2.75 bits per heavy atom. The van der Waals surface area contributed by atoms with Crippen LogP contribution in [0, 0.1) is 5.82 Å². The Hall–Kier alpha value is -2.30. The first-order chi connectivity index (χ1) is 9.60. The number of aromatic nitrogens is 1. The van der Waals surface area contributed by atoms with Gasteiger partial charge in [0.05, 0.1) is 18.4 Å². The molecule has 0 amide bonds. The number of benzene rings is 1. The predicted octanol–water partition coefficient (Wildman–Crippen LogP) is 3.41. The molecular formula is C15H14FNO3. The molecule has 5 heteroatoms. The Morgan fingerprint density at radius 1 is 1.40 bits per heavy atom. The van der Waals surface area contributed by atoms with E-state index in [0.717, 1.165) is 18.5 Å². The quantitative estimate of drug-likeness (QED) is 0.898. The van der Waals surface area contributed by atoms with Crippen LogP contribution in [-0.2, 0) is 0 Å². The van der Waals surface area contributed by atoms with Crippen LogP contribution in [0.1, 0.15) is 34.8 Å². The second kappa shape index (κ2) is 4.67. The fourth-order valence-electron chi connectivity index (χ4n) is 2.38. The summed E-state index contributed by atoms with van der Waals surface area (Å²) >= 11 is 0. The minimum Gasteiger partial charge on any atom is -0.496 e. The molecule has 20 heavy (non-hydrogen) atoms. The molecule has 1 aliphatic carbocycles. The largest absolute Gasteiger partial charge is 0.496 e. The predicted molar refractivity (Wildman–Crippen MR) is 71.7 cm³/mol. The van der Waals surface area contributed by atoms with E-state index in [0.29, 0.717) is 17.0 Å². The van der Waals surface area contributed by atoms with Crippen LogP contribution in [0.4, 0.5) is 4.39 Å². The Bertz CT molecular complexity index is 674. The van der Waals surface area contributed by atoms with Gasteiger partial charge in [0.2, 0.25) is 0 Å². The van der Waals surface area contributed by atoms with Crippen LogP contribution in [0.15, 0.2) is 24.3 Å². The standard InChI is InChI=1S/C15H14FNO3/c1-20-13-5-4-9(16)6-10(13)12-7-11(15(18)19)14(17-12)8-2-3-8/h4-8,17H,2-3H2,1H3,(H,18,19). The number of H-pyrrole nitrogens is 1. The number of carboxylic acid groups (broad SMARTS) is 1. The minimum absolute atomic E-state index is 0.258. The molecule has 2 aromatic rings. The van der Waals surface area contributed by atoms with E-state index in [1.165, 1.54) is 25.3 Å². The van der Waals surface area contributed by atoms with E-state index in [9.17, 15) is 14.3 Å². The van der Waals surface area contributed by atoms with E-state index >= 15 is 0 Å². The zero-order valence-electron chi connectivity index (χ0n) is 10.9. The lowest BCUT2D eigenvalue weighted by atomic mass is 10.1. The molecule has 1 aromatic carbocycles. The molecular weight excluding hydrogens is 261 g/mol. The highest BCUT2D eigenvalue weighted by Gasteiger charge is 2.30. The monoisotopic (exact) mass is 275 g/mol. The Balaban J connectivity index is 2.12. The average molecular weight is 275 g/mol. The van der Waals surface area contributed by atoms with Crippen molar-refractivity contribution >= 4 is 5.97 Å². The molecule has 1 saturated carbocycles. The average Bonchev–Trinajstić information content (AvgIpc) is 3.17. The molecule has 3 rings (SSSR count). The second-order valence-electron chi connectivity index (χ2n) is 4.93. The SMILES string of the molecule is COc1ccc(F)cc1-c1cc(C(=O)O)c(C2CC2)[nH]1. The zero-order valence-corrected chi connectivity index (χ0v) is 10.9. The maximum atomic E-state index is 13.4. The number of hydrogen-bond acceptors (Lipinski definition) is 2. The number of carbonyl (C=O) groups is 1. The number of halogens is 1. The van der Waals surface area contributed by atoms with Crippen molar-refractivity contribution in [1.82, 2.24) is 4.98 Å². The Kier molecular flexibility index (Phi) is 2.97. The van der Waals surface area contributed by atoms with Gasteiger partial charge in [-0.25, -0.2) is 9.18 Å². The van der Waals surface area contributed by atoms with E-state index in [-0.39, 0.29) is 17.3 Å². The fraction of sp³-hybridized carbons (Fsp3) is 0.267. The third kappa shape index (κ3) is 2.15. The molecule has 0 bridgehead atoms. The third-order valence-electron chi connectivity index (χ3n) is 3.52. The molecule has 0 atom stereocenters.